The van der Waals surface area contributed by atoms with Crippen molar-refractivity contribution in [1.82, 2.24) is 0 Å². The Labute approximate surface area is 109 Å². The van der Waals surface area contributed by atoms with Crippen LogP contribution in [-0.2, 0) is 0 Å². The van der Waals surface area contributed by atoms with Gasteiger partial charge in [-0.25, -0.2) is 0 Å². The molecule has 0 aromatic heterocycles. The first-order chi connectivity index (χ1) is 7.68. The van der Waals surface area contributed by atoms with Crippen molar-refractivity contribution in [1.29, 1.82) is 0 Å². The smallest absolute Gasteiger partial charge is 0.220 e. The normalized spacial score (nSPS) is 19.8. The van der Waals surface area contributed by atoms with E-state index in [1.165, 1.54) is 11.1 Å². The van der Waals surface area contributed by atoms with Crippen LogP contribution in [-0.4, -0.2) is 18.4 Å². The highest BCUT2D eigenvalue weighted by Gasteiger charge is 2.27. The summed E-state index contributed by atoms with van der Waals surface area (Å²) < 4.78 is 0. The SMILES string of the molecule is CC1=C(C)CC(C(=O)c2ccccc2)[NH2+]C1.[Cl-]. The van der Waals surface area contributed by atoms with Crippen molar-refractivity contribution in [3.63, 3.8) is 0 Å². The molecule has 3 heteroatoms. The van der Waals surface area contributed by atoms with Crippen LogP contribution in [0, 0.1) is 0 Å². The Morgan fingerprint density at radius 2 is 1.82 bits per heavy atom. The van der Waals surface area contributed by atoms with Crippen molar-refractivity contribution < 1.29 is 22.5 Å². The highest BCUT2D eigenvalue weighted by atomic mass is 35.5. The molecule has 0 spiro atoms. The Kier molecular flexibility index (Phi) is 4.91. The van der Waals surface area contributed by atoms with Crippen molar-refractivity contribution in [3.05, 3.63) is 47.0 Å². The standard InChI is InChI=1S/C14H17NO.ClH/c1-10-8-13(15-9-11(10)2)14(16)12-6-4-3-5-7-12;/h3-7,13,15H,8-9H2,1-2H3;1H. The minimum atomic E-state index is 0. The van der Waals surface area contributed by atoms with E-state index in [2.05, 4.69) is 19.2 Å². The number of Topliss-reactive ketones (excluding diaryl/α,β-unsaturated/α-hetero) is 1. The van der Waals surface area contributed by atoms with Gasteiger partial charge in [-0.15, -0.1) is 0 Å². The fourth-order valence-corrected chi connectivity index (χ4v) is 2.10. The molecule has 0 bridgehead atoms. The third kappa shape index (κ3) is 3.18. The molecular weight excluding hydrogens is 234 g/mol. The molecule has 0 saturated heterocycles. The number of hydrogen-bond donors (Lipinski definition) is 1. The van der Waals surface area contributed by atoms with Gasteiger partial charge in [0.25, 0.3) is 0 Å². The predicted molar refractivity (Wildman–Crippen MR) is 64.3 cm³/mol. The maximum Gasteiger partial charge on any atom is 0.220 e. The van der Waals surface area contributed by atoms with E-state index in [1.54, 1.807) is 0 Å². The second-order valence-corrected chi connectivity index (χ2v) is 4.54. The van der Waals surface area contributed by atoms with Gasteiger partial charge in [-0.2, -0.15) is 0 Å². The molecule has 1 unspecified atom stereocenters. The first kappa shape index (κ1) is 13.9. The van der Waals surface area contributed by atoms with E-state index < -0.39 is 0 Å². The van der Waals surface area contributed by atoms with Gasteiger partial charge in [0.15, 0.2) is 6.04 Å². The summed E-state index contributed by atoms with van der Waals surface area (Å²) in [6, 6.07) is 9.66. The highest BCUT2D eigenvalue weighted by Crippen LogP contribution is 2.14. The summed E-state index contributed by atoms with van der Waals surface area (Å²) in [5.74, 6) is 0.257. The maximum atomic E-state index is 12.2. The molecule has 0 saturated carbocycles. The molecule has 2 nitrogen and oxygen atoms in total. The molecule has 92 valence electrons. The summed E-state index contributed by atoms with van der Waals surface area (Å²) in [5, 5.41) is 2.15. The van der Waals surface area contributed by atoms with Crippen LogP contribution in [0.5, 0.6) is 0 Å². The highest BCUT2D eigenvalue weighted by molar-refractivity contribution is 5.99. The van der Waals surface area contributed by atoms with Crippen LogP contribution in [0.15, 0.2) is 41.5 Å². The Bertz CT molecular complexity index is 425. The third-order valence-electron chi connectivity index (χ3n) is 3.36. The summed E-state index contributed by atoms with van der Waals surface area (Å²) in [6.07, 6.45) is 0.888. The molecule has 2 N–H and O–H groups in total. The number of rotatable bonds is 2. The van der Waals surface area contributed by atoms with Gasteiger partial charge in [-0.05, 0) is 19.4 Å². The van der Waals surface area contributed by atoms with Crippen LogP contribution < -0.4 is 17.7 Å². The minimum absolute atomic E-state index is 0. The number of quaternary nitrogens is 1. The van der Waals surface area contributed by atoms with Crippen molar-refractivity contribution in [2.45, 2.75) is 26.3 Å². The van der Waals surface area contributed by atoms with E-state index in [1.807, 2.05) is 30.3 Å². The van der Waals surface area contributed by atoms with E-state index in [4.69, 9.17) is 0 Å². The molecule has 1 heterocycles. The average molecular weight is 252 g/mol. The number of carbonyl (C=O) groups excluding carboxylic acids is 1. The third-order valence-corrected chi connectivity index (χ3v) is 3.36. The van der Waals surface area contributed by atoms with Gasteiger partial charge in [-0.1, -0.05) is 35.9 Å². The lowest BCUT2D eigenvalue weighted by Crippen LogP contribution is -3.00. The molecule has 1 atom stereocenters. The van der Waals surface area contributed by atoms with Gasteiger partial charge >= 0.3 is 0 Å². The first-order valence-electron chi connectivity index (χ1n) is 5.76. The number of ketones is 1. The van der Waals surface area contributed by atoms with E-state index in [-0.39, 0.29) is 24.2 Å². The van der Waals surface area contributed by atoms with Crippen molar-refractivity contribution >= 4 is 5.78 Å². The quantitative estimate of drug-likeness (QED) is 0.506. The van der Waals surface area contributed by atoms with E-state index in [0.717, 1.165) is 18.5 Å². The van der Waals surface area contributed by atoms with Gasteiger partial charge in [0.05, 0.1) is 6.54 Å². The topological polar surface area (TPSA) is 33.7 Å². The lowest BCUT2D eigenvalue weighted by molar-refractivity contribution is -0.671. The monoisotopic (exact) mass is 251 g/mol. The van der Waals surface area contributed by atoms with Crippen LogP contribution >= 0.6 is 0 Å². The van der Waals surface area contributed by atoms with E-state index in [9.17, 15) is 4.79 Å². The van der Waals surface area contributed by atoms with Crippen LogP contribution in [0.2, 0.25) is 0 Å². The zero-order chi connectivity index (χ0) is 11.5. The molecule has 1 aromatic rings. The molecule has 2 rings (SSSR count). The summed E-state index contributed by atoms with van der Waals surface area (Å²) in [4.78, 5) is 12.2. The predicted octanol–water partition coefficient (Wildman–Crippen LogP) is -1.45. The second-order valence-electron chi connectivity index (χ2n) is 4.54. The Morgan fingerprint density at radius 1 is 1.18 bits per heavy atom. The van der Waals surface area contributed by atoms with E-state index >= 15 is 0 Å². The molecule has 17 heavy (non-hydrogen) atoms. The molecule has 0 amide bonds. The molecule has 0 aliphatic carbocycles. The van der Waals surface area contributed by atoms with Gasteiger partial charge in [0.1, 0.15) is 0 Å². The maximum absolute atomic E-state index is 12.2. The van der Waals surface area contributed by atoms with Crippen molar-refractivity contribution in [3.8, 4) is 0 Å². The van der Waals surface area contributed by atoms with Gasteiger partial charge in [0.2, 0.25) is 5.78 Å². The molecule has 0 radical (unpaired) electrons. The summed E-state index contributed by atoms with van der Waals surface area (Å²) >= 11 is 0. The van der Waals surface area contributed by atoms with E-state index in [0.29, 0.717) is 0 Å². The van der Waals surface area contributed by atoms with Crippen LogP contribution in [0.1, 0.15) is 30.6 Å². The zero-order valence-corrected chi connectivity index (χ0v) is 11.0. The van der Waals surface area contributed by atoms with Gasteiger partial charge in [0, 0.05) is 12.0 Å². The van der Waals surface area contributed by atoms with Crippen molar-refractivity contribution in [2.75, 3.05) is 6.54 Å². The lowest BCUT2D eigenvalue weighted by Gasteiger charge is -2.21. The number of halogens is 1. The minimum Gasteiger partial charge on any atom is -1.00 e. The molecule has 0 fully saturated rings. The summed E-state index contributed by atoms with van der Waals surface area (Å²) in [7, 11) is 0. The van der Waals surface area contributed by atoms with Gasteiger partial charge < -0.3 is 17.7 Å². The van der Waals surface area contributed by atoms with Crippen molar-refractivity contribution in [2.24, 2.45) is 0 Å². The number of hydrogen-bond acceptors (Lipinski definition) is 1. The molecule has 1 aliphatic rings. The largest absolute Gasteiger partial charge is 1.00 e. The zero-order valence-electron chi connectivity index (χ0n) is 10.2. The second kappa shape index (κ2) is 5.99. The first-order valence-corrected chi connectivity index (χ1v) is 5.76. The molecule has 1 aliphatic heterocycles. The number of benzene rings is 1. The molecule has 1 aromatic carbocycles. The summed E-state index contributed by atoms with van der Waals surface area (Å²) in [5.41, 5.74) is 3.62. The number of carbonyl (C=O) groups is 1. The van der Waals surface area contributed by atoms with Crippen LogP contribution in [0.25, 0.3) is 0 Å². The van der Waals surface area contributed by atoms with Crippen LogP contribution in [0.3, 0.4) is 0 Å². The Balaban J connectivity index is 0.00000144. The average Bonchev–Trinajstić information content (AvgIpc) is 2.33. The fraction of sp³-hybridized carbons (Fsp3) is 0.357. The Morgan fingerprint density at radius 3 is 2.41 bits per heavy atom. The van der Waals surface area contributed by atoms with Gasteiger partial charge in [-0.3, -0.25) is 4.79 Å². The lowest BCUT2D eigenvalue weighted by atomic mass is 9.93. The Hall–Kier alpha value is -1.12. The summed E-state index contributed by atoms with van der Waals surface area (Å²) in [6.45, 7) is 5.23. The fourth-order valence-electron chi connectivity index (χ4n) is 2.10. The molecular formula is C14H18ClNO. The van der Waals surface area contributed by atoms with Crippen LogP contribution in [0.4, 0.5) is 0 Å². The number of nitrogens with two attached hydrogens (primary N) is 1.